The molecule has 132 valence electrons. The Labute approximate surface area is 148 Å². The Morgan fingerprint density at radius 1 is 1.20 bits per heavy atom. The number of nitrogens with zero attached hydrogens (tertiary/aromatic N) is 3. The van der Waals surface area contributed by atoms with Gasteiger partial charge < -0.3 is 19.9 Å². The molecule has 1 amide bonds. The van der Waals surface area contributed by atoms with E-state index in [0.717, 1.165) is 43.2 Å². The molecular weight excluding hydrogens is 316 g/mol. The second kappa shape index (κ2) is 7.98. The van der Waals surface area contributed by atoms with Crippen molar-refractivity contribution in [2.24, 2.45) is 0 Å². The number of aromatic nitrogens is 1. The summed E-state index contributed by atoms with van der Waals surface area (Å²) >= 11 is 0. The van der Waals surface area contributed by atoms with Gasteiger partial charge in [-0.3, -0.25) is 9.78 Å². The summed E-state index contributed by atoms with van der Waals surface area (Å²) in [6.07, 6.45) is 3.37. The van der Waals surface area contributed by atoms with Crippen molar-refractivity contribution >= 4 is 11.6 Å². The van der Waals surface area contributed by atoms with Crippen LogP contribution < -0.4 is 10.1 Å². The van der Waals surface area contributed by atoms with E-state index in [1.54, 1.807) is 19.5 Å². The number of amides is 1. The van der Waals surface area contributed by atoms with Crippen molar-refractivity contribution in [3.8, 4) is 5.75 Å². The molecule has 6 heteroatoms. The predicted molar refractivity (Wildman–Crippen MR) is 98.0 cm³/mol. The lowest BCUT2D eigenvalue weighted by molar-refractivity contribution is 0.0663. The predicted octanol–water partition coefficient (Wildman–Crippen LogP) is 2.09. The lowest BCUT2D eigenvalue weighted by Gasteiger charge is -2.32. The first-order valence-corrected chi connectivity index (χ1v) is 8.46. The quantitative estimate of drug-likeness (QED) is 0.903. The SMILES string of the molecule is COc1ccccc1CNc1cncc(C(=O)N2CCN(C)CC2)c1. The minimum Gasteiger partial charge on any atom is -0.496 e. The first kappa shape index (κ1) is 17.2. The van der Waals surface area contributed by atoms with Gasteiger partial charge in [0.25, 0.3) is 5.91 Å². The number of likely N-dealkylation sites (N-methyl/N-ethyl adjacent to an activating group) is 1. The number of carbonyl (C=O) groups is 1. The summed E-state index contributed by atoms with van der Waals surface area (Å²) < 4.78 is 5.36. The third-order valence-electron chi connectivity index (χ3n) is 4.45. The standard InChI is InChI=1S/C19H24N4O2/c1-22-7-9-23(10-8-22)19(24)16-11-17(14-20-12-16)21-13-15-5-3-4-6-18(15)25-2/h3-6,11-12,14,21H,7-10,13H2,1-2H3. The summed E-state index contributed by atoms with van der Waals surface area (Å²) in [7, 11) is 3.74. The summed E-state index contributed by atoms with van der Waals surface area (Å²) in [6, 6.07) is 9.73. The highest BCUT2D eigenvalue weighted by Crippen LogP contribution is 2.19. The van der Waals surface area contributed by atoms with Gasteiger partial charge in [0.2, 0.25) is 0 Å². The number of hydrogen-bond donors (Lipinski definition) is 1. The fourth-order valence-electron chi connectivity index (χ4n) is 2.89. The molecule has 1 aliphatic rings. The molecule has 1 fully saturated rings. The van der Waals surface area contributed by atoms with E-state index in [9.17, 15) is 4.79 Å². The highest BCUT2D eigenvalue weighted by atomic mass is 16.5. The molecule has 1 saturated heterocycles. The number of benzene rings is 1. The third kappa shape index (κ3) is 4.28. The average molecular weight is 340 g/mol. The van der Waals surface area contributed by atoms with Crippen LogP contribution in [0.15, 0.2) is 42.7 Å². The molecule has 25 heavy (non-hydrogen) atoms. The van der Waals surface area contributed by atoms with Gasteiger partial charge in [0, 0.05) is 50.7 Å². The molecule has 0 radical (unpaired) electrons. The molecule has 1 N–H and O–H groups in total. The van der Waals surface area contributed by atoms with E-state index < -0.39 is 0 Å². The molecule has 0 unspecified atom stereocenters. The Morgan fingerprint density at radius 3 is 2.72 bits per heavy atom. The summed E-state index contributed by atoms with van der Waals surface area (Å²) in [5, 5.41) is 3.32. The lowest BCUT2D eigenvalue weighted by atomic mass is 10.2. The van der Waals surface area contributed by atoms with E-state index >= 15 is 0 Å². The van der Waals surface area contributed by atoms with Crippen LogP contribution in [0.25, 0.3) is 0 Å². The largest absolute Gasteiger partial charge is 0.496 e. The fraction of sp³-hybridized carbons (Fsp3) is 0.368. The summed E-state index contributed by atoms with van der Waals surface area (Å²) in [5.41, 5.74) is 2.50. The van der Waals surface area contributed by atoms with Crippen LogP contribution in [0.2, 0.25) is 0 Å². The van der Waals surface area contributed by atoms with Crippen LogP contribution in [0.5, 0.6) is 5.75 Å². The Hall–Kier alpha value is -2.60. The number of hydrogen-bond acceptors (Lipinski definition) is 5. The molecular formula is C19H24N4O2. The normalized spacial score (nSPS) is 15.0. The van der Waals surface area contributed by atoms with Crippen molar-refractivity contribution in [3.05, 3.63) is 53.9 Å². The lowest BCUT2D eigenvalue weighted by Crippen LogP contribution is -2.47. The maximum absolute atomic E-state index is 12.7. The van der Waals surface area contributed by atoms with Crippen LogP contribution in [0.3, 0.4) is 0 Å². The minimum absolute atomic E-state index is 0.0431. The van der Waals surface area contributed by atoms with E-state index in [0.29, 0.717) is 12.1 Å². The number of ether oxygens (including phenoxy) is 1. The third-order valence-corrected chi connectivity index (χ3v) is 4.45. The molecule has 2 heterocycles. The molecule has 0 bridgehead atoms. The van der Waals surface area contributed by atoms with E-state index in [1.807, 2.05) is 35.2 Å². The average Bonchev–Trinajstić information content (AvgIpc) is 2.67. The van der Waals surface area contributed by atoms with Gasteiger partial charge in [0.1, 0.15) is 5.75 Å². The van der Waals surface area contributed by atoms with Crippen LogP contribution in [0.4, 0.5) is 5.69 Å². The number of nitrogens with one attached hydrogen (secondary N) is 1. The molecule has 0 atom stereocenters. The second-order valence-electron chi connectivity index (χ2n) is 6.22. The number of rotatable bonds is 5. The smallest absolute Gasteiger partial charge is 0.255 e. The summed E-state index contributed by atoms with van der Waals surface area (Å²) in [4.78, 5) is 21.0. The van der Waals surface area contributed by atoms with Gasteiger partial charge in [0.05, 0.1) is 18.4 Å². The van der Waals surface area contributed by atoms with Gasteiger partial charge in [-0.1, -0.05) is 18.2 Å². The molecule has 0 spiro atoms. The second-order valence-corrected chi connectivity index (χ2v) is 6.22. The molecule has 1 aromatic heterocycles. The number of carbonyl (C=O) groups excluding carboxylic acids is 1. The number of pyridine rings is 1. The number of methoxy groups -OCH3 is 1. The Balaban J connectivity index is 1.66. The zero-order chi connectivity index (χ0) is 17.6. The molecule has 3 rings (SSSR count). The highest BCUT2D eigenvalue weighted by molar-refractivity contribution is 5.94. The van der Waals surface area contributed by atoms with Crippen molar-refractivity contribution in [2.45, 2.75) is 6.54 Å². The van der Waals surface area contributed by atoms with Gasteiger partial charge in [-0.2, -0.15) is 0 Å². The molecule has 1 aliphatic heterocycles. The van der Waals surface area contributed by atoms with Crippen molar-refractivity contribution in [1.82, 2.24) is 14.8 Å². The van der Waals surface area contributed by atoms with Gasteiger partial charge in [-0.25, -0.2) is 0 Å². The summed E-state index contributed by atoms with van der Waals surface area (Å²) in [5.74, 6) is 0.883. The Bertz CT molecular complexity index is 727. The number of piperazine rings is 1. The topological polar surface area (TPSA) is 57.7 Å². The van der Waals surface area contributed by atoms with E-state index in [4.69, 9.17) is 4.74 Å². The van der Waals surface area contributed by atoms with Crippen LogP contribution in [0, 0.1) is 0 Å². The van der Waals surface area contributed by atoms with Crippen LogP contribution in [0.1, 0.15) is 15.9 Å². The van der Waals surface area contributed by atoms with E-state index in [-0.39, 0.29) is 5.91 Å². The molecule has 0 aliphatic carbocycles. The van der Waals surface area contributed by atoms with E-state index in [1.165, 1.54) is 0 Å². The monoisotopic (exact) mass is 340 g/mol. The van der Waals surface area contributed by atoms with E-state index in [2.05, 4.69) is 22.2 Å². The van der Waals surface area contributed by atoms with Crippen molar-refractivity contribution in [3.63, 3.8) is 0 Å². The zero-order valence-corrected chi connectivity index (χ0v) is 14.7. The molecule has 0 saturated carbocycles. The van der Waals surface area contributed by atoms with Crippen LogP contribution in [-0.4, -0.2) is 61.0 Å². The number of para-hydroxylation sites is 1. The fourth-order valence-corrected chi connectivity index (χ4v) is 2.89. The van der Waals surface area contributed by atoms with Gasteiger partial charge in [0.15, 0.2) is 0 Å². The number of anilines is 1. The zero-order valence-electron chi connectivity index (χ0n) is 14.7. The highest BCUT2D eigenvalue weighted by Gasteiger charge is 2.20. The van der Waals surface area contributed by atoms with Crippen molar-refractivity contribution in [1.29, 1.82) is 0 Å². The van der Waals surface area contributed by atoms with Crippen molar-refractivity contribution < 1.29 is 9.53 Å². The van der Waals surface area contributed by atoms with Gasteiger partial charge in [-0.15, -0.1) is 0 Å². The Kier molecular flexibility index (Phi) is 5.50. The minimum atomic E-state index is 0.0431. The maximum Gasteiger partial charge on any atom is 0.255 e. The molecule has 2 aromatic rings. The first-order valence-electron chi connectivity index (χ1n) is 8.46. The molecule has 6 nitrogen and oxygen atoms in total. The first-order chi connectivity index (χ1) is 12.2. The Morgan fingerprint density at radius 2 is 1.96 bits per heavy atom. The van der Waals surface area contributed by atoms with Crippen LogP contribution >= 0.6 is 0 Å². The maximum atomic E-state index is 12.7. The van der Waals surface area contributed by atoms with Gasteiger partial charge in [-0.05, 0) is 19.2 Å². The van der Waals surface area contributed by atoms with Gasteiger partial charge >= 0.3 is 0 Å². The van der Waals surface area contributed by atoms with Crippen molar-refractivity contribution in [2.75, 3.05) is 45.7 Å². The van der Waals surface area contributed by atoms with Crippen LogP contribution in [-0.2, 0) is 6.54 Å². The molecule has 1 aromatic carbocycles. The summed E-state index contributed by atoms with van der Waals surface area (Å²) in [6.45, 7) is 3.94.